The summed E-state index contributed by atoms with van der Waals surface area (Å²) in [4.78, 5) is 21.9. The van der Waals surface area contributed by atoms with Gasteiger partial charge in [-0.25, -0.2) is 9.50 Å². The Labute approximate surface area is 215 Å². The number of nitrogens with zero attached hydrogens (tertiary/aromatic N) is 5. The summed E-state index contributed by atoms with van der Waals surface area (Å²) in [6.07, 6.45) is 4.32. The van der Waals surface area contributed by atoms with Gasteiger partial charge in [0.25, 0.3) is 5.91 Å². The molecule has 1 amide bonds. The molecule has 6 rings (SSSR count). The van der Waals surface area contributed by atoms with Gasteiger partial charge < -0.3 is 25.0 Å². The number of carbonyl (C=O) groups is 1. The van der Waals surface area contributed by atoms with Gasteiger partial charge in [0, 0.05) is 31.4 Å². The molecule has 3 heterocycles. The number of amides is 1. The van der Waals surface area contributed by atoms with Gasteiger partial charge in [0.2, 0.25) is 0 Å². The van der Waals surface area contributed by atoms with Gasteiger partial charge in [-0.3, -0.25) is 4.79 Å². The molecule has 0 spiro atoms. The van der Waals surface area contributed by atoms with E-state index >= 15 is 0 Å². The van der Waals surface area contributed by atoms with Crippen molar-refractivity contribution in [3.05, 3.63) is 77.6 Å². The van der Waals surface area contributed by atoms with E-state index in [0.29, 0.717) is 23.7 Å². The van der Waals surface area contributed by atoms with E-state index in [1.54, 1.807) is 17.8 Å². The summed E-state index contributed by atoms with van der Waals surface area (Å²) in [6, 6.07) is 18.2. The lowest BCUT2D eigenvalue weighted by Crippen LogP contribution is -2.32. The molecule has 0 saturated heterocycles. The maximum absolute atomic E-state index is 13.1. The molecule has 9 nitrogen and oxygen atoms in total. The lowest BCUT2D eigenvalue weighted by Gasteiger charge is -2.27. The van der Waals surface area contributed by atoms with Gasteiger partial charge in [-0.15, -0.1) is 5.10 Å². The summed E-state index contributed by atoms with van der Waals surface area (Å²) >= 11 is 0. The maximum Gasteiger partial charge on any atom is 0.271 e. The second-order valence-electron chi connectivity index (χ2n) is 9.76. The molecule has 1 aliphatic carbocycles. The van der Waals surface area contributed by atoms with Crippen molar-refractivity contribution in [3.8, 4) is 5.75 Å². The average molecular weight is 499 g/mol. The topological polar surface area (TPSA) is 95.2 Å². The standard InChI is InChI=1S/C28H30N6O3/c1-32(16-18-7-11-22(37-2)12-8-18)24-14-26(33-21(17-35)13-19-5-3-4-6-23(19)33)31-34-25(15-29-27(24)34)28(36)30-20-9-10-20/h3-8,11-12,14-15,20-21,35H,9-10,13,16-17H2,1-2H3,(H,30,36). The summed E-state index contributed by atoms with van der Waals surface area (Å²) < 4.78 is 6.94. The molecule has 2 aliphatic rings. The predicted molar refractivity (Wildman–Crippen MR) is 142 cm³/mol. The number of hydrogen-bond donors (Lipinski definition) is 2. The highest BCUT2D eigenvalue weighted by molar-refractivity contribution is 5.94. The molecule has 2 N–H and O–H groups in total. The van der Waals surface area contributed by atoms with Crippen LogP contribution in [-0.2, 0) is 13.0 Å². The van der Waals surface area contributed by atoms with Gasteiger partial charge in [-0.2, -0.15) is 0 Å². The van der Waals surface area contributed by atoms with Crippen LogP contribution in [0.3, 0.4) is 0 Å². The van der Waals surface area contributed by atoms with E-state index < -0.39 is 0 Å². The third kappa shape index (κ3) is 4.35. The first kappa shape index (κ1) is 23.3. The Morgan fingerprint density at radius 2 is 1.97 bits per heavy atom. The molecule has 1 fully saturated rings. The molecule has 9 heteroatoms. The molecular weight excluding hydrogens is 468 g/mol. The third-order valence-corrected chi connectivity index (χ3v) is 7.10. The first-order valence-corrected chi connectivity index (χ1v) is 12.6. The number of aliphatic hydroxyl groups excluding tert-OH is 1. The van der Waals surface area contributed by atoms with Gasteiger partial charge in [-0.05, 0) is 48.6 Å². The Hall–Kier alpha value is -4.11. The van der Waals surface area contributed by atoms with Crippen molar-refractivity contribution >= 4 is 28.7 Å². The molecule has 1 unspecified atom stereocenters. The highest BCUT2D eigenvalue weighted by atomic mass is 16.5. The minimum absolute atomic E-state index is 0.00955. The number of methoxy groups -OCH3 is 1. The number of aromatic nitrogens is 3. The summed E-state index contributed by atoms with van der Waals surface area (Å²) in [5.41, 5.74) is 5.13. The van der Waals surface area contributed by atoms with Gasteiger partial charge >= 0.3 is 0 Å². The van der Waals surface area contributed by atoms with Gasteiger partial charge in [-0.1, -0.05) is 30.3 Å². The van der Waals surface area contributed by atoms with Crippen molar-refractivity contribution in [1.29, 1.82) is 0 Å². The van der Waals surface area contributed by atoms with Crippen LogP contribution in [0.1, 0.15) is 34.5 Å². The van der Waals surface area contributed by atoms with Crippen LogP contribution in [0.2, 0.25) is 0 Å². The predicted octanol–water partition coefficient (Wildman–Crippen LogP) is 3.32. The Kier molecular flexibility index (Phi) is 5.92. The molecule has 2 aromatic heterocycles. The van der Waals surface area contributed by atoms with E-state index in [9.17, 15) is 9.90 Å². The number of fused-ring (bicyclic) bond motifs is 2. The Bertz CT molecular complexity index is 1450. The number of para-hydroxylation sites is 1. The zero-order valence-corrected chi connectivity index (χ0v) is 21.0. The zero-order valence-electron chi connectivity index (χ0n) is 21.0. The molecule has 1 aliphatic heterocycles. The molecule has 37 heavy (non-hydrogen) atoms. The summed E-state index contributed by atoms with van der Waals surface area (Å²) in [7, 11) is 3.66. The third-order valence-electron chi connectivity index (χ3n) is 7.10. The Balaban J connectivity index is 1.45. The summed E-state index contributed by atoms with van der Waals surface area (Å²) in [5, 5.41) is 18.2. The van der Waals surface area contributed by atoms with E-state index in [1.165, 1.54) is 0 Å². The minimum Gasteiger partial charge on any atom is -0.497 e. The molecule has 1 saturated carbocycles. The van der Waals surface area contributed by atoms with Crippen LogP contribution in [0.5, 0.6) is 5.75 Å². The molecule has 4 aromatic rings. The van der Waals surface area contributed by atoms with Crippen molar-refractivity contribution < 1.29 is 14.6 Å². The van der Waals surface area contributed by atoms with Gasteiger partial charge in [0.05, 0.1) is 31.6 Å². The van der Waals surface area contributed by atoms with Crippen molar-refractivity contribution in [2.45, 2.75) is 37.9 Å². The fraction of sp³-hybridized carbons (Fsp3) is 0.321. The van der Waals surface area contributed by atoms with Crippen LogP contribution in [0.15, 0.2) is 60.8 Å². The Morgan fingerprint density at radius 3 is 2.70 bits per heavy atom. The highest BCUT2D eigenvalue weighted by Crippen LogP contribution is 2.39. The number of imidazole rings is 1. The van der Waals surface area contributed by atoms with E-state index in [4.69, 9.17) is 9.84 Å². The molecular formula is C28H30N6O3. The first-order valence-electron chi connectivity index (χ1n) is 12.6. The number of benzene rings is 2. The summed E-state index contributed by atoms with van der Waals surface area (Å²) in [5.74, 6) is 1.29. The van der Waals surface area contributed by atoms with Crippen molar-refractivity contribution in [1.82, 2.24) is 19.9 Å². The monoisotopic (exact) mass is 498 g/mol. The highest BCUT2D eigenvalue weighted by Gasteiger charge is 2.32. The Morgan fingerprint density at radius 1 is 1.19 bits per heavy atom. The molecule has 0 radical (unpaired) electrons. The van der Waals surface area contributed by atoms with Crippen LogP contribution >= 0.6 is 0 Å². The normalized spacial score (nSPS) is 16.6. The number of aliphatic hydroxyl groups is 1. The number of hydrogen-bond acceptors (Lipinski definition) is 7. The van der Waals surface area contributed by atoms with E-state index in [-0.39, 0.29) is 24.6 Å². The van der Waals surface area contributed by atoms with E-state index in [2.05, 4.69) is 26.2 Å². The lowest BCUT2D eigenvalue weighted by atomic mass is 10.1. The van der Waals surface area contributed by atoms with Gasteiger partial charge in [0.1, 0.15) is 5.75 Å². The minimum atomic E-state index is -0.177. The van der Waals surface area contributed by atoms with Crippen LogP contribution in [0, 0.1) is 0 Å². The van der Waals surface area contributed by atoms with E-state index in [0.717, 1.165) is 47.5 Å². The van der Waals surface area contributed by atoms with Crippen molar-refractivity contribution in [3.63, 3.8) is 0 Å². The van der Waals surface area contributed by atoms with Gasteiger partial charge in [0.15, 0.2) is 17.2 Å². The largest absolute Gasteiger partial charge is 0.497 e. The smallest absolute Gasteiger partial charge is 0.271 e. The number of rotatable bonds is 8. The first-order chi connectivity index (χ1) is 18.1. The fourth-order valence-corrected chi connectivity index (χ4v) is 4.99. The molecule has 190 valence electrons. The number of anilines is 3. The van der Waals surface area contributed by atoms with Crippen LogP contribution in [-0.4, -0.2) is 58.5 Å². The molecule has 1 atom stereocenters. The average Bonchev–Trinajstić information content (AvgIpc) is 3.49. The second kappa shape index (κ2) is 9.40. The number of carbonyl (C=O) groups excluding carboxylic acids is 1. The number of ether oxygens (including phenoxy) is 1. The second-order valence-corrected chi connectivity index (χ2v) is 9.76. The summed E-state index contributed by atoms with van der Waals surface area (Å²) in [6.45, 7) is 0.615. The van der Waals surface area contributed by atoms with Crippen LogP contribution in [0.25, 0.3) is 5.65 Å². The SMILES string of the molecule is COc1ccc(CN(C)c2cc(N3c4ccccc4CC3CO)nn3c(C(=O)NC4CC4)cnc23)cc1. The van der Waals surface area contributed by atoms with E-state index in [1.807, 2.05) is 55.6 Å². The zero-order chi connectivity index (χ0) is 25.5. The fourth-order valence-electron chi connectivity index (χ4n) is 4.99. The lowest BCUT2D eigenvalue weighted by molar-refractivity contribution is 0.0944. The van der Waals surface area contributed by atoms with Crippen molar-refractivity contribution in [2.75, 3.05) is 30.6 Å². The van der Waals surface area contributed by atoms with Crippen molar-refractivity contribution in [2.24, 2.45) is 0 Å². The van der Waals surface area contributed by atoms with Crippen LogP contribution in [0.4, 0.5) is 17.2 Å². The molecule has 2 aromatic carbocycles. The quantitative estimate of drug-likeness (QED) is 0.385. The van der Waals surface area contributed by atoms with Crippen LogP contribution < -0.4 is 19.9 Å². The maximum atomic E-state index is 13.1. The molecule has 0 bridgehead atoms. The number of nitrogens with one attached hydrogen (secondary N) is 1.